The lowest BCUT2D eigenvalue weighted by molar-refractivity contribution is -0.120. The van der Waals surface area contributed by atoms with E-state index in [4.69, 9.17) is 13.9 Å². The number of ether oxygens (including phenoxy) is 2. The van der Waals surface area contributed by atoms with E-state index < -0.39 is 11.5 Å². The van der Waals surface area contributed by atoms with Crippen LogP contribution in [0.5, 0.6) is 5.75 Å². The summed E-state index contributed by atoms with van der Waals surface area (Å²) in [6.07, 6.45) is 0.216. The standard InChI is InChI=1S/C22H22N2O6/c1-28-11-10-23-19(25)12-14-6-8-16(9-7-14)24-21(26)17-13-15-4-3-5-18(29-2)20(15)30-22(17)27/h3-9,13H,10-12H2,1-2H3,(H,23,25)(H,24,26). The van der Waals surface area contributed by atoms with Crippen LogP contribution in [0.25, 0.3) is 11.0 Å². The minimum absolute atomic E-state index is 0.114. The van der Waals surface area contributed by atoms with E-state index in [9.17, 15) is 14.4 Å². The van der Waals surface area contributed by atoms with Gasteiger partial charge in [0.05, 0.1) is 20.1 Å². The largest absolute Gasteiger partial charge is 0.493 e. The molecule has 0 bridgehead atoms. The zero-order valence-electron chi connectivity index (χ0n) is 16.7. The fraction of sp³-hybridized carbons (Fsp3) is 0.227. The van der Waals surface area contributed by atoms with E-state index in [2.05, 4.69) is 10.6 Å². The van der Waals surface area contributed by atoms with Crippen LogP contribution < -0.4 is 21.0 Å². The lowest BCUT2D eigenvalue weighted by Gasteiger charge is -2.08. The SMILES string of the molecule is COCCNC(=O)Cc1ccc(NC(=O)c2cc3cccc(OC)c3oc2=O)cc1. The predicted octanol–water partition coefficient (Wildman–Crippen LogP) is 2.36. The van der Waals surface area contributed by atoms with Crippen molar-refractivity contribution in [1.29, 1.82) is 0 Å². The van der Waals surface area contributed by atoms with E-state index in [1.807, 2.05) is 0 Å². The number of amides is 2. The molecule has 0 saturated carbocycles. The highest BCUT2D eigenvalue weighted by Gasteiger charge is 2.16. The van der Waals surface area contributed by atoms with Crippen molar-refractivity contribution >= 4 is 28.5 Å². The number of benzene rings is 2. The maximum absolute atomic E-state index is 12.6. The van der Waals surface area contributed by atoms with E-state index in [-0.39, 0.29) is 23.5 Å². The Balaban J connectivity index is 1.69. The number of para-hydroxylation sites is 1. The van der Waals surface area contributed by atoms with Gasteiger partial charge in [-0.2, -0.15) is 0 Å². The molecular weight excluding hydrogens is 388 g/mol. The molecular formula is C22H22N2O6. The van der Waals surface area contributed by atoms with E-state index in [0.29, 0.717) is 30.0 Å². The first kappa shape index (κ1) is 21.1. The van der Waals surface area contributed by atoms with Crippen LogP contribution in [0, 0.1) is 0 Å². The molecule has 2 aromatic carbocycles. The quantitative estimate of drug-likeness (QED) is 0.436. The molecule has 0 spiro atoms. The van der Waals surface area contributed by atoms with Crippen LogP contribution in [0.3, 0.4) is 0 Å². The van der Waals surface area contributed by atoms with Gasteiger partial charge in [0, 0.05) is 24.7 Å². The molecule has 8 nitrogen and oxygen atoms in total. The van der Waals surface area contributed by atoms with Crippen molar-refractivity contribution in [2.45, 2.75) is 6.42 Å². The van der Waals surface area contributed by atoms with Gasteiger partial charge in [-0.15, -0.1) is 0 Å². The summed E-state index contributed by atoms with van der Waals surface area (Å²) < 4.78 is 15.3. The summed E-state index contributed by atoms with van der Waals surface area (Å²) in [4.78, 5) is 36.7. The summed E-state index contributed by atoms with van der Waals surface area (Å²) in [7, 11) is 3.04. The van der Waals surface area contributed by atoms with Crippen molar-refractivity contribution in [1.82, 2.24) is 5.32 Å². The van der Waals surface area contributed by atoms with E-state index in [1.165, 1.54) is 13.2 Å². The molecule has 2 amide bonds. The van der Waals surface area contributed by atoms with Gasteiger partial charge in [-0.25, -0.2) is 4.79 Å². The zero-order chi connectivity index (χ0) is 21.5. The summed E-state index contributed by atoms with van der Waals surface area (Å²) in [6, 6.07) is 13.4. The summed E-state index contributed by atoms with van der Waals surface area (Å²) in [5.74, 6) is -0.287. The second-order valence-corrected chi connectivity index (χ2v) is 6.50. The van der Waals surface area contributed by atoms with E-state index in [1.54, 1.807) is 49.6 Å². The van der Waals surface area contributed by atoms with Crippen LogP contribution >= 0.6 is 0 Å². The third-order valence-electron chi connectivity index (χ3n) is 4.39. The highest BCUT2D eigenvalue weighted by molar-refractivity contribution is 6.05. The molecule has 1 heterocycles. The number of anilines is 1. The highest BCUT2D eigenvalue weighted by Crippen LogP contribution is 2.24. The Morgan fingerprint density at radius 1 is 1.07 bits per heavy atom. The smallest absolute Gasteiger partial charge is 0.349 e. The Morgan fingerprint density at radius 3 is 2.53 bits per heavy atom. The molecule has 8 heteroatoms. The number of hydrogen-bond donors (Lipinski definition) is 2. The van der Waals surface area contributed by atoms with Gasteiger partial charge in [-0.1, -0.05) is 24.3 Å². The van der Waals surface area contributed by atoms with Gasteiger partial charge < -0.3 is 24.5 Å². The second-order valence-electron chi connectivity index (χ2n) is 6.50. The van der Waals surface area contributed by atoms with E-state index in [0.717, 1.165) is 5.56 Å². The predicted molar refractivity (Wildman–Crippen MR) is 112 cm³/mol. The first-order chi connectivity index (χ1) is 14.5. The first-order valence-electron chi connectivity index (χ1n) is 9.28. The molecule has 3 aromatic rings. The topological polar surface area (TPSA) is 107 Å². The Kier molecular flexibility index (Phi) is 6.82. The molecule has 156 valence electrons. The zero-order valence-corrected chi connectivity index (χ0v) is 16.7. The van der Waals surface area contributed by atoms with Crippen LogP contribution in [-0.4, -0.2) is 39.2 Å². The molecule has 2 N–H and O–H groups in total. The van der Waals surface area contributed by atoms with Crippen LogP contribution in [0.4, 0.5) is 5.69 Å². The Labute approximate surface area is 172 Å². The Morgan fingerprint density at radius 2 is 1.83 bits per heavy atom. The first-order valence-corrected chi connectivity index (χ1v) is 9.28. The van der Waals surface area contributed by atoms with Crippen molar-refractivity contribution in [3.05, 3.63) is 70.1 Å². The molecule has 30 heavy (non-hydrogen) atoms. The van der Waals surface area contributed by atoms with Crippen LogP contribution in [-0.2, 0) is 16.0 Å². The van der Waals surface area contributed by atoms with Crippen molar-refractivity contribution in [2.75, 3.05) is 32.7 Å². The van der Waals surface area contributed by atoms with Gasteiger partial charge in [-0.05, 0) is 29.8 Å². The summed E-state index contributed by atoms with van der Waals surface area (Å²) >= 11 is 0. The Bertz CT molecular complexity index is 1100. The maximum Gasteiger partial charge on any atom is 0.349 e. The van der Waals surface area contributed by atoms with Gasteiger partial charge in [0.15, 0.2) is 11.3 Å². The lowest BCUT2D eigenvalue weighted by Crippen LogP contribution is -2.28. The summed E-state index contributed by atoms with van der Waals surface area (Å²) in [5, 5.41) is 5.99. The molecule has 0 radical (unpaired) electrons. The number of methoxy groups -OCH3 is 2. The number of carbonyl (C=O) groups is 2. The fourth-order valence-corrected chi connectivity index (χ4v) is 2.88. The molecule has 0 fully saturated rings. The normalized spacial score (nSPS) is 10.6. The fourth-order valence-electron chi connectivity index (χ4n) is 2.88. The number of fused-ring (bicyclic) bond motifs is 1. The van der Waals surface area contributed by atoms with Crippen molar-refractivity contribution < 1.29 is 23.5 Å². The molecule has 0 aliphatic carbocycles. The van der Waals surface area contributed by atoms with Gasteiger partial charge >= 0.3 is 5.63 Å². The molecule has 0 aliphatic heterocycles. The van der Waals surface area contributed by atoms with Crippen molar-refractivity contribution in [3.8, 4) is 5.75 Å². The third kappa shape index (κ3) is 5.03. The average molecular weight is 410 g/mol. The minimum atomic E-state index is -0.756. The van der Waals surface area contributed by atoms with E-state index >= 15 is 0 Å². The minimum Gasteiger partial charge on any atom is -0.493 e. The second kappa shape index (κ2) is 9.71. The van der Waals surface area contributed by atoms with Crippen molar-refractivity contribution in [2.24, 2.45) is 0 Å². The van der Waals surface area contributed by atoms with Crippen LogP contribution in [0.1, 0.15) is 15.9 Å². The number of carbonyl (C=O) groups excluding carboxylic acids is 2. The monoisotopic (exact) mass is 410 g/mol. The Hall–Kier alpha value is -3.65. The third-order valence-corrected chi connectivity index (χ3v) is 4.39. The number of nitrogens with one attached hydrogen (secondary N) is 2. The van der Waals surface area contributed by atoms with Gasteiger partial charge in [-0.3, -0.25) is 9.59 Å². The molecule has 0 atom stereocenters. The summed E-state index contributed by atoms with van der Waals surface area (Å²) in [5.41, 5.74) is 0.704. The number of rotatable bonds is 8. The van der Waals surface area contributed by atoms with Gasteiger partial charge in [0.2, 0.25) is 5.91 Å². The molecule has 0 saturated heterocycles. The van der Waals surface area contributed by atoms with Gasteiger partial charge in [0.1, 0.15) is 5.56 Å². The molecule has 1 aromatic heterocycles. The lowest BCUT2D eigenvalue weighted by atomic mass is 10.1. The molecule has 0 aliphatic rings. The molecule has 0 unspecified atom stereocenters. The van der Waals surface area contributed by atoms with Crippen molar-refractivity contribution in [3.63, 3.8) is 0 Å². The molecule has 3 rings (SSSR count). The average Bonchev–Trinajstić information content (AvgIpc) is 2.74. The highest BCUT2D eigenvalue weighted by atomic mass is 16.5. The van der Waals surface area contributed by atoms with Gasteiger partial charge in [0.25, 0.3) is 5.91 Å². The number of hydrogen-bond acceptors (Lipinski definition) is 6. The maximum atomic E-state index is 12.6. The van der Waals surface area contributed by atoms with Crippen LogP contribution in [0.2, 0.25) is 0 Å². The van der Waals surface area contributed by atoms with Crippen LogP contribution in [0.15, 0.2) is 57.7 Å². The summed E-state index contributed by atoms with van der Waals surface area (Å²) in [6.45, 7) is 0.899.